The SMILES string of the molecule is O=C(NC1CCCCC1)c1cnc(C2CC2)nc1. The van der Waals surface area contributed by atoms with E-state index in [1.165, 1.54) is 32.1 Å². The number of nitrogens with zero attached hydrogens (tertiary/aromatic N) is 2. The molecule has 0 bridgehead atoms. The highest BCUT2D eigenvalue weighted by atomic mass is 16.1. The third-order valence-electron chi connectivity index (χ3n) is 3.82. The van der Waals surface area contributed by atoms with Crippen LogP contribution in [0.1, 0.15) is 67.0 Å². The third kappa shape index (κ3) is 2.68. The molecule has 1 heterocycles. The van der Waals surface area contributed by atoms with E-state index >= 15 is 0 Å². The molecule has 0 saturated heterocycles. The fourth-order valence-electron chi connectivity index (χ4n) is 2.52. The number of carbonyl (C=O) groups is 1. The lowest BCUT2D eigenvalue weighted by Gasteiger charge is -2.22. The summed E-state index contributed by atoms with van der Waals surface area (Å²) < 4.78 is 0. The molecule has 1 N–H and O–H groups in total. The Morgan fingerprint density at radius 1 is 1.06 bits per heavy atom. The fourth-order valence-corrected chi connectivity index (χ4v) is 2.52. The lowest BCUT2D eigenvalue weighted by molar-refractivity contribution is 0.0927. The van der Waals surface area contributed by atoms with E-state index in [1.807, 2.05) is 0 Å². The van der Waals surface area contributed by atoms with Crippen molar-refractivity contribution in [3.63, 3.8) is 0 Å². The lowest BCUT2D eigenvalue weighted by atomic mass is 9.95. The number of nitrogens with one attached hydrogen (secondary N) is 1. The molecule has 2 fully saturated rings. The van der Waals surface area contributed by atoms with Gasteiger partial charge in [-0.25, -0.2) is 9.97 Å². The van der Waals surface area contributed by atoms with Gasteiger partial charge in [0.1, 0.15) is 5.82 Å². The van der Waals surface area contributed by atoms with Gasteiger partial charge < -0.3 is 5.32 Å². The van der Waals surface area contributed by atoms with E-state index in [2.05, 4.69) is 15.3 Å². The van der Waals surface area contributed by atoms with Crippen molar-refractivity contribution in [2.45, 2.75) is 56.9 Å². The van der Waals surface area contributed by atoms with E-state index in [0.29, 0.717) is 17.5 Å². The number of carbonyl (C=O) groups excluding carboxylic acids is 1. The number of amides is 1. The standard InChI is InChI=1S/C14H19N3O/c18-14(17-12-4-2-1-3-5-12)11-8-15-13(16-9-11)10-6-7-10/h8-10,12H,1-7H2,(H,17,18). The minimum Gasteiger partial charge on any atom is -0.349 e. The summed E-state index contributed by atoms with van der Waals surface area (Å²) in [7, 11) is 0. The molecule has 18 heavy (non-hydrogen) atoms. The summed E-state index contributed by atoms with van der Waals surface area (Å²) in [5.41, 5.74) is 0.588. The highest BCUT2D eigenvalue weighted by molar-refractivity contribution is 5.93. The second-order valence-electron chi connectivity index (χ2n) is 5.41. The van der Waals surface area contributed by atoms with Crippen molar-refractivity contribution in [1.82, 2.24) is 15.3 Å². The van der Waals surface area contributed by atoms with Crippen molar-refractivity contribution < 1.29 is 4.79 Å². The van der Waals surface area contributed by atoms with Gasteiger partial charge in [0.15, 0.2) is 0 Å². The van der Waals surface area contributed by atoms with Crippen LogP contribution in [0.4, 0.5) is 0 Å². The van der Waals surface area contributed by atoms with E-state index in [0.717, 1.165) is 18.7 Å². The molecule has 0 atom stereocenters. The Morgan fingerprint density at radius 2 is 1.72 bits per heavy atom. The highest BCUT2D eigenvalue weighted by Crippen LogP contribution is 2.37. The summed E-state index contributed by atoms with van der Waals surface area (Å²) in [5.74, 6) is 1.41. The van der Waals surface area contributed by atoms with Gasteiger partial charge in [-0.3, -0.25) is 4.79 Å². The number of hydrogen-bond acceptors (Lipinski definition) is 3. The molecule has 96 valence electrons. The van der Waals surface area contributed by atoms with Gasteiger partial charge in [-0.05, 0) is 25.7 Å². The van der Waals surface area contributed by atoms with Crippen LogP contribution in [-0.4, -0.2) is 21.9 Å². The minimum atomic E-state index is -0.0238. The normalized spacial score (nSPS) is 20.7. The Labute approximate surface area is 107 Å². The number of rotatable bonds is 3. The first-order valence-corrected chi connectivity index (χ1v) is 6.96. The molecule has 4 heteroatoms. The van der Waals surface area contributed by atoms with Crippen molar-refractivity contribution in [2.75, 3.05) is 0 Å². The Kier molecular flexibility index (Phi) is 3.26. The number of aromatic nitrogens is 2. The second-order valence-corrected chi connectivity index (χ2v) is 5.41. The maximum atomic E-state index is 12.0. The molecule has 2 aliphatic carbocycles. The monoisotopic (exact) mass is 245 g/mol. The van der Waals surface area contributed by atoms with E-state index in [-0.39, 0.29) is 5.91 Å². The zero-order valence-corrected chi connectivity index (χ0v) is 10.6. The lowest BCUT2D eigenvalue weighted by Crippen LogP contribution is -2.36. The van der Waals surface area contributed by atoms with E-state index < -0.39 is 0 Å². The van der Waals surface area contributed by atoms with Crippen LogP contribution in [0.25, 0.3) is 0 Å². The molecule has 0 aliphatic heterocycles. The molecule has 0 unspecified atom stereocenters. The van der Waals surface area contributed by atoms with Gasteiger partial charge in [-0.2, -0.15) is 0 Å². The quantitative estimate of drug-likeness (QED) is 0.889. The summed E-state index contributed by atoms with van der Waals surface area (Å²) in [4.78, 5) is 20.6. The molecule has 2 saturated carbocycles. The molecule has 2 aliphatic rings. The van der Waals surface area contributed by atoms with Crippen LogP contribution in [-0.2, 0) is 0 Å². The van der Waals surface area contributed by atoms with E-state index in [4.69, 9.17) is 0 Å². The molecule has 1 aromatic rings. The van der Waals surface area contributed by atoms with Crippen LogP contribution in [0.5, 0.6) is 0 Å². The van der Waals surface area contributed by atoms with E-state index in [9.17, 15) is 4.79 Å². The molecule has 0 aromatic carbocycles. The summed E-state index contributed by atoms with van der Waals surface area (Å²) in [6.45, 7) is 0. The van der Waals surface area contributed by atoms with Crippen molar-refractivity contribution in [2.24, 2.45) is 0 Å². The van der Waals surface area contributed by atoms with Crippen LogP contribution in [0.15, 0.2) is 12.4 Å². The first-order valence-electron chi connectivity index (χ1n) is 6.96. The van der Waals surface area contributed by atoms with Crippen LogP contribution in [0, 0.1) is 0 Å². The summed E-state index contributed by atoms with van der Waals surface area (Å²) in [6.07, 6.45) is 11.7. The molecule has 0 spiro atoms. The second kappa shape index (κ2) is 5.04. The van der Waals surface area contributed by atoms with Crippen LogP contribution in [0.2, 0.25) is 0 Å². The molecule has 1 amide bonds. The molecular weight excluding hydrogens is 226 g/mol. The first-order chi connectivity index (χ1) is 8.83. The zero-order chi connectivity index (χ0) is 12.4. The highest BCUT2D eigenvalue weighted by Gasteiger charge is 2.26. The molecular formula is C14H19N3O. The van der Waals surface area contributed by atoms with Crippen molar-refractivity contribution in [1.29, 1.82) is 0 Å². The fraction of sp³-hybridized carbons (Fsp3) is 0.643. The van der Waals surface area contributed by atoms with Crippen LogP contribution < -0.4 is 5.32 Å². The Morgan fingerprint density at radius 3 is 2.33 bits per heavy atom. The molecule has 3 rings (SSSR count). The predicted molar refractivity (Wildman–Crippen MR) is 68.3 cm³/mol. The van der Waals surface area contributed by atoms with Crippen molar-refractivity contribution in [3.8, 4) is 0 Å². The average molecular weight is 245 g/mol. The largest absolute Gasteiger partial charge is 0.349 e. The Bertz CT molecular complexity index is 419. The molecule has 1 aromatic heterocycles. The smallest absolute Gasteiger partial charge is 0.254 e. The molecule has 4 nitrogen and oxygen atoms in total. The zero-order valence-electron chi connectivity index (χ0n) is 10.6. The summed E-state index contributed by atoms with van der Waals surface area (Å²) in [5, 5.41) is 3.08. The number of hydrogen-bond donors (Lipinski definition) is 1. The maximum absolute atomic E-state index is 12.0. The van der Waals surface area contributed by atoms with Gasteiger partial charge in [0, 0.05) is 24.4 Å². The van der Waals surface area contributed by atoms with Gasteiger partial charge in [-0.15, -0.1) is 0 Å². The topological polar surface area (TPSA) is 54.9 Å². The van der Waals surface area contributed by atoms with Gasteiger partial charge >= 0.3 is 0 Å². The van der Waals surface area contributed by atoms with Gasteiger partial charge in [0.25, 0.3) is 5.91 Å². The summed E-state index contributed by atoms with van der Waals surface area (Å²) >= 11 is 0. The summed E-state index contributed by atoms with van der Waals surface area (Å²) in [6, 6.07) is 0.342. The van der Waals surface area contributed by atoms with Gasteiger partial charge in [-0.1, -0.05) is 19.3 Å². The third-order valence-corrected chi connectivity index (χ3v) is 3.82. The molecule has 0 radical (unpaired) electrons. The minimum absolute atomic E-state index is 0.0238. The van der Waals surface area contributed by atoms with Gasteiger partial charge in [0.05, 0.1) is 5.56 Å². The predicted octanol–water partition coefficient (Wildman–Crippen LogP) is 2.42. The average Bonchev–Trinajstić information content (AvgIpc) is 3.24. The Balaban J connectivity index is 1.60. The van der Waals surface area contributed by atoms with E-state index in [1.54, 1.807) is 12.4 Å². The van der Waals surface area contributed by atoms with Crippen LogP contribution >= 0.6 is 0 Å². The maximum Gasteiger partial charge on any atom is 0.254 e. The van der Waals surface area contributed by atoms with Crippen molar-refractivity contribution in [3.05, 3.63) is 23.8 Å². The van der Waals surface area contributed by atoms with Crippen molar-refractivity contribution >= 4 is 5.91 Å². The Hall–Kier alpha value is -1.45. The first kappa shape index (κ1) is 11.6. The van der Waals surface area contributed by atoms with Crippen LogP contribution in [0.3, 0.4) is 0 Å². The van der Waals surface area contributed by atoms with Gasteiger partial charge in [0.2, 0.25) is 0 Å².